The minimum absolute atomic E-state index is 0. The van der Waals surface area contributed by atoms with Gasteiger partial charge in [-0.05, 0) is 0 Å². The molecule has 0 unspecified atom stereocenters. The maximum absolute atomic E-state index is 2.15. The smallest absolute Gasteiger partial charge is 0.0307 e. The van der Waals surface area contributed by atoms with Gasteiger partial charge in [0.2, 0.25) is 0 Å². The summed E-state index contributed by atoms with van der Waals surface area (Å²) in [5.74, 6) is 0. The van der Waals surface area contributed by atoms with Gasteiger partial charge in [-0.25, -0.2) is 0 Å². The summed E-state index contributed by atoms with van der Waals surface area (Å²) in [6.07, 6.45) is 0. The van der Waals surface area contributed by atoms with E-state index in [0.29, 0.717) is 0 Å². The van der Waals surface area contributed by atoms with Gasteiger partial charge in [-0.1, -0.05) is 38.3 Å². The number of benzene rings is 2. The molecule has 0 saturated heterocycles. The molecule has 144 valence electrons. The fourth-order valence-electron chi connectivity index (χ4n) is 2.14. The molecule has 0 aliphatic heterocycles. The summed E-state index contributed by atoms with van der Waals surface area (Å²) in [4.78, 5) is 0. The molecule has 0 N–H and O–H groups in total. The maximum atomic E-state index is 2.15. The molecule has 4 radical (unpaired) electrons. The van der Waals surface area contributed by atoms with Crippen LogP contribution in [0.4, 0.5) is 0 Å². The van der Waals surface area contributed by atoms with Crippen LogP contribution in [-0.4, -0.2) is 19.0 Å². The van der Waals surface area contributed by atoms with Gasteiger partial charge in [-0.15, -0.1) is 84.1 Å². The zero-order valence-electron chi connectivity index (χ0n) is 16.4. The molecule has 0 heterocycles. The second-order valence-electron chi connectivity index (χ2n) is 5.31. The predicted octanol–water partition coefficient (Wildman–Crippen LogP) is 7.53. The minimum atomic E-state index is 0. The number of fused-ring (bicyclic) bond motifs is 2. The molecule has 0 aromatic heterocycles. The van der Waals surface area contributed by atoms with Crippen molar-refractivity contribution >= 4 is 65.4 Å². The van der Waals surface area contributed by atoms with Crippen molar-refractivity contribution < 1.29 is 25.8 Å². The molecule has 5 heteroatoms. The van der Waals surface area contributed by atoms with Crippen LogP contribution in [0.1, 0.15) is 0 Å². The van der Waals surface area contributed by atoms with E-state index in [0.717, 1.165) is 19.0 Å². The first-order valence-electron chi connectivity index (χ1n) is 8.14. The molecule has 4 rings (SSSR count). The Morgan fingerprint density at radius 1 is 0.556 bits per heavy atom. The molecule has 0 amide bonds. The molecular weight excluding hydrogens is 570 g/mol. The van der Waals surface area contributed by atoms with Crippen LogP contribution >= 0.6 is 24.8 Å². The first-order chi connectivity index (χ1) is 11.8. The van der Waals surface area contributed by atoms with E-state index in [4.69, 9.17) is 0 Å². The average Bonchev–Trinajstić information content (AvgIpc) is 3.26. The van der Waals surface area contributed by atoms with Crippen LogP contribution in [0, 0.1) is 0 Å². The van der Waals surface area contributed by atoms with Gasteiger partial charge >= 0.3 is 0 Å². The van der Waals surface area contributed by atoms with Crippen LogP contribution in [0.25, 0.3) is 21.5 Å². The number of hydrogen-bond acceptors (Lipinski definition) is 0. The zero-order chi connectivity index (χ0) is 17.6. The van der Waals surface area contributed by atoms with E-state index in [1.54, 1.807) is 0 Å². The average molecular weight is 598 g/mol. The van der Waals surface area contributed by atoms with E-state index in [1.807, 2.05) is 0 Å². The molecule has 0 aliphatic carbocycles. The fraction of sp³-hybridized carbons (Fsp3) is 0.182. The Labute approximate surface area is 201 Å². The van der Waals surface area contributed by atoms with E-state index in [-0.39, 0.29) is 50.7 Å². The van der Waals surface area contributed by atoms with Crippen molar-refractivity contribution in [2.75, 3.05) is 0 Å². The monoisotopic (exact) mass is 598 g/mol. The third kappa shape index (κ3) is 12.6. The topological polar surface area (TPSA) is 0 Å². The second-order valence-corrected chi connectivity index (χ2v) is 7.31. The largest absolute Gasteiger partial charge is 0.168 e. The van der Waals surface area contributed by atoms with Crippen LogP contribution in [-0.2, 0) is 25.8 Å². The Balaban J connectivity index is -0.000000307. The summed E-state index contributed by atoms with van der Waals surface area (Å²) >= 11 is 0. The third-order valence-electron chi connectivity index (χ3n) is 3.10. The molecule has 27 heavy (non-hydrogen) atoms. The Morgan fingerprint density at radius 2 is 0.852 bits per heavy atom. The predicted molar refractivity (Wildman–Crippen MR) is 129 cm³/mol. The summed E-state index contributed by atoms with van der Waals surface area (Å²) in [7, 11) is 2.17. The van der Waals surface area contributed by atoms with Crippen molar-refractivity contribution in [2.24, 2.45) is 0 Å². The summed E-state index contributed by atoms with van der Waals surface area (Å²) in [5.41, 5.74) is 0. The van der Waals surface area contributed by atoms with Crippen molar-refractivity contribution in [1.82, 2.24) is 0 Å². The van der Waals surface area contributed by atoms with Crippen LogP contribution in [0.2, 0.25) is 26.2 Å². The quantitative estimate of drug-likeness (QED) is 0.145. The van der Waals surface area contributed by atoms with Crippen molar-refractivity contribution in [3.05, 3.63) is 84.9 Å². The normalized spacial score (nSPS) is 8.15. The van der Waals surface area contributed by atoms with Gasteiger partial charge < -0.3 is 0 Å². The summed E-state index contributed by atoms with van der Waals surface area (Å²) in [6, 6.07) is 29.3. The second kappa shape index (κ2) is 20.3. The third-order valence-corrected chi connectivity index (χ3v) is 3.10. The van der Waals surface area contributed by atoms with Crippen LogP contribution in [0.3, 0.4) is 0 Å². The van der Waals surface area contributed by atoms with Gasteiger partial charge in [0, 0.05) is 44.9 Å². The van der Waals surface area contributed by atoms with E-state index in [1.165, 1.54) is 21.5 Å². The van der Waals surface area contributed by atoms with Crippen molar-refractivity contribution in [3.63, 3.8) is 0 Å². The minimum Gasteiger partial charge on any atom is -0.168 e. The summed E-state index contributed by atoms with van der Waals surface area (Å²) < 4.78 is 0. The Hall–Kier alpha value is -0.456. The standard InChI is InChI=1S/2C9H7.2C2H6Si.2ClH.Hf/c2*1-2-5-9-7-3-6-8(9)4-1;2*1-3-2;;;/h2*1-7H;2*1-2H3;2*1H;/q2*-1;;;;;. The summed E-state index contributed by atoms with van der Waals surface area (Å²) in [5, 5.41) is 5.32. The van der Waals surface area contributed by atoms with Gasteiger partial charge in [0.15, 0.2) is 0 Å². The molecule has 0 nitrogen and oxygen atoms in total. The van der Waals surface area contributed by atoms with E-state index < -0.39 is 0 Å². The zero-order valence-corrected chi connectivity index (χ0v) is 23.6. The van der Waals surface area contributed by atoms with Gasteiger partial charge in [-0.3, -0.25) is 0 Å². The van der Waals surface area contributed by atoms with Gasteiger partial charge in [-0.2, -0.15) is 35.0 Å². The fourth-order valence-corrected chi connectivity index (χ4v) is 2.14. The summed E-state index contributed by atoms with van der Waals surface area (Å²) in [6.45, 7) is 8.61. The van der Waals surface area contributed by atoms with E-state index >= 15 is 0 Å². The number of hydrogen-bond donors (Lipinski definition) is 0. The van der Waals surface area contributed by atoms with Crippen LogP contribution < -0.4 is 0 Å². The molecule has 0 spiro atoms. The van der Waals surface area contributed by atoms with Gasteiger partial charge in [0.1, 0.15) is 0 Å². The number of rotatable bonds is 0. The van der Waals surface area contributed by atoms with E-state index in [2.05, 4.69) is 111 Å². The molecule has 0 bridgehead atoms. The SMILES string of the molecule is C[Si]C.C[Si]C.Cl.Cl.[Hf].c1ccc2[cH-]ccc2c1.c1ccc2[cH-]ccc2c1. The maximum Gasteiger partial charge on any atom is 0.0307 e. The van der Waals surface area contributed by atoms with Gasteiger partial charge in [0.05, 0.1) is 0 Å². The molecule has 0 aliphatic rings. The number of halogens is 2. The van der Waals surface area contributed by atoms with Crippen molar-refractivity contribution in [1.29, 1.82) is 0 Å². The Kier molecular flexibility index (Phi) is 23.5. The molecule has 4 aromatic rings. The van der Waals surface area contributed by atoms with E-state index in [9.17, 15) is 0 Å². The Bertz CT molecular complexity index is 668. The van der Waals surface area contributed by atoms with Crippen LogP contribution in [0.5, 0.6) is 0 Å². The van der Waals surface area contributed by atoms with Crippen molar-refractivity contribution in [2.45, 2.75) is 26.2 Å². The first-order valence-corrected chi connectivity index (χ1v) is 12.1. The first kappa shape index (κ1) is 31.2. The van der Waals surface area contributed by atoms with Crippen molar-refractivity contribution in [3.8, 4) is 0 Å². The molecule has 0 saturated carbocycles. The molecular formula is C22H28Cl2HfSi2-2. The Morgan fingerprint density at radius 3 is 1.15 bits per heavy atom. The molecule has 0 atom stereocenters. The molecule has 4 aromatic carbocycles. The van der Waals surface area contributed by atoms with Crippen LogP contribution in [0.15, 0.2) is 84.9 Å². The molecule has 0 fully saturated rings. The van der Waals surface area contributed by atoms with Gasteiger partial charge in [0.25, 0.3) is 0 Å².